The van der Waals surface area contributed by atoms with Gasteiger partial charge in [0.25, 0.3) is 5.91 Å². The Morgan fingerprint density at radius 1 is 1.50 bits per heavy atom. The molecule has 0 radical (unpaired) electrons. The average molecular weight is 306 g/mol. The first-order chi connectivity index (χ1) is 8.70. The third-order valence-electron chi connectivity index (χ3n) is 3.29. The topological polar surface area (TPSA) is 92.5 Å². The van der Waals surface area contributed by atoms with Crippen LogP contribution in [0.4, 0.5) is 0 Å². The summed E-state index contributed by atoms with van der Waals surface area (Å²) >= 11 is 0. The van der Waals surface area contributed by atoms with E-state index in [0.717, 1.165) is 6.42 Å². The van der Waals surface area contributed by atoms with Crippen molar-refractivity contribution in [2.24, 2.45) is 5.73 Å². The fraction of sp³-hybridized carbons (Fsp3) is 0.769. The molecule has 2 atom stereocenters. The van der Waals surface area contributed by atoms with Crippen LogP contribution >= 0.6 is 12.4 Å². The standard InChI is InChI=1S/C13H23N3O3.ClH/c1-5-6-13(4,14)12(19)15-9-7-10(17)16(8(2)3)11(9)18;/h8-9H,5-7,14H2,1-4H3,(H,15,19);1H. The normalized spacial score (nSPS) is 21.7. The number of hydrogen-bond donors (Lipinski definition) is 2. The van der Waals surface area contributed by atoms with Gasteiger partial charge in [-0.15, -0.1) is 12.4 Å². The zero-order valence-electron chi connectivity index (χ0n) is 12.4. The smallest absolute Gasteiger partial charge is 0.252 e. The number of nitrogens with two attached hydrogens (primary N) is 1. The van der Waals surface area contributed by atoms with Gasteiger partial charge < -0.3 is 11.1 Å². The molecule has 0 aromatic heterocycles. The fourth-order valence-corrected chi connectivity index (χ4v) is 2.26. The first-order valence-corrected chi connectivity index (χ1v) is 6.66. The maximum atomic E-state index is 12.0. The molecule has 0 aromatic rings. The second kappa shape index (κ2) is 7.04. The lowest BCUT2D eigenvalue weighted by atomic mass is 9.96. The lowest BCUT2D eigenvalue weighted by Crippen LogP contribution is -2.55. The van der Waals surface area contributed by atoms with E-state index in [2.05, 4.69) is 5.32 Å². The van der Waals surface area contributed by atoms with E-state index in [1.165, 1.54) is 4.90 Å². The maximum Gasteiger partial charge on any atom is 0.252 e. The zero-order chi connectivity index (χ0) is 14.8. The third-order valence-corrected chi connectivity index (χ3v) is 3.29. The number of imide groups is 1. The Labute approximate surface area is 125 Å². The molecular weight excluding hydrogens is 282 g/mol. The van der Waals surface area contributed by atoms with Crippen LogP contribution in [0.3, 0.4) is 0 Å². The maximum absolute atomic E-state index is 12.0. The minimum Gasteiger partial charge on any atom is -0.342 e. The largest absolute Gasteiger partial charge is 0.342 e. The first kappa shape index (κ1) is 18.9. The Bertz CT molecular complexity index is 396. The molecular formula is C13H24ClN3O3. The molecule has 0 bridgehead atoms. The lowest BCUT2D eigenvalue weighted by molar-refractivity contribution is -0.141. The lowest BCUT2D eigenvalue weighted by Gasteiger charge is -2.25. The fourth-order valence-electron chi connectivity index (χ4n) is 2.26. The van der Waals surface area contributed by atoms with Crippen molar-refractivity contribution < 1.29 is 14.4 Å². The summed E-state index contributed by atoms with van der Waals surface area (Å²) in [4.78, 5) is 37.0. The molecule has 0 aromatic carbocycles. The molecule has 1 saturated heterocycles. The van der Waals surface area contributed by atoms with E-state index in [1.807, 2.05) is 6.92 Å². The van der Waals surface area contributed by atoms with Crippen molar-refractivity contribution in [3.05, 3.63) is 0 Å². The van der Waals surface area contributed by atoms with E-state index >= 15 is 0 Å². The Kier molecular flexibility index (Phi) is 6.64. The van der Waals surface area contributed by atoms with Crippen LogP contribution in [0.25, 0.3) is 0 Å². The summed E-state index contributed by atoms with van der Waals surface area (Å²) in [6.07, 6.45) is 1.32. The number of nitrogens with zero attached hydrogens (tertiary/aromatic N) is 1. The van der Waals surface area contributed by atoms with Gasteiger partial charge in [0, 0.05) is 6.04 Å². The molecule has 6 nitrogen and oxygen atoms in total. The Balaban J connectivity index is 0.00000361. The molecule has 3 N–H and O–H groups in total. The van der Waals surface area contributed by atoms with Crippen LogP contribution in [0.5, 0.6) is 0 Å². The van der Waals surface area contributed by atoms with Crippen LogP contribution in [0.2, 0.25) is 0 Å². The minimum atomic E-state index is -1.01. The molecule has 2 unspecified atom stereocenters. The Morgan fingerprint density at radius 2 is 2.05 bits per heavy atom. The third kappa shape index (κ3) is 3.93. The molecule has 3 amide bonds. The summed E-state index contributed by atoms with van der Waals surface area (Å²) < 4.78 is 0. The number of hydrogen-bond acceptors (Lipinski definition) is 4. The highest BCUT2D eigenvalue weighted by molar-refractivity contribution is 6.07. The van der Waals surface area contributed by atoms with E-state index in [1.54, 1.807) is 20.8 Å². The van der Waals surface area contributed by atoms with Crippen molar-refractivity contribution in [1.82, 2.24) is 10.2 Å². The van der Waals surface area contributed by atoms with Gasteiger partial charge >= 0.3 is 0 Å². The second-order valence-electron chi connectivity index (χ2n) is 5.59. The number of rotatable bonds is 5. The van der Waals surface area contributed by atoms with Crippen molar-refractivity contribution in [2.75, 3.05) is 0 Å². The number of amides is 3. The first-order valence-electron chi connectivity index (χ1n) is 6.66. The van der Waals surface area contributed by atoms with Crippen LogP contribution in [0.15, 0.2) is 0 Å². The summed E-state index contributed by atoms with van der Waals surface area (Å²) in [5, 5.41) is 2.59. The number of halogens is 1. The van der Waals surface area contributed by atoms with Gasteiger partial charge in [0.1, 0.15) is 6.04 Å². The number of nitrogens with one attached hydrogen (secondary N) is 1. The van der Waals surface area contributed by atoms with Crippen molar-refractivity contribution in [2.45, 2.75) is 64.6 Å². The second-order valence-corrected chi connectivity index (χ2v) is 5.59. The Morgan fingerprint density at radius 3 is 2.45 bits per heavy atom. The number of carbonyl (C=O) groups excluding carboxylic acids is 3. The van der Waals surface area contributed by atoms with Gasteiger partial charge in [-0.25, -0.2) is 0 Å². The highest BCUT2D eigenvalue weighted by Crippen LogP contribution is 2.17. The summed E-state index contributed by atoms with van der Waals surface area (Å²) in [6, 6.07) is -0.969. The number of carbonyl (C=O) groups is 3. The summed E-state index contributed by atoms with van der Waals surface area (Å²) in [5.41, 5.74) is 4.89. The molecule has 1 rings (SSSR count). The predicted molar refractivity (Wildman–Crippen MR) is 78.3 cm³/mol. The molecule has 1 aliphatic heterocycles. The molecule has 20 heavy (non-hydrogen) atoms. The molecule has 7 heteroatoms. The summed E-state index contributed by atoms with van der Waals surface area (Å²) in [6.45, 7) is 7.10. The van der Waals surface area contributed by atoms with E-state index in [-0.39, 0.29) is 42.6 Å². The van der Waals surface area contributed by atoms with Crippen LogP contribution < -0.4 is 11.1 Å². The zero-order valence-corrected chi connectivity index (χ0v) is 13.3. The van der Waals surface area contributed by atoms with E-state index in [9.17, 15) is 14.4 Å². The summed E-state index contributed by atoms with van der Waals surface area (Å²) in [5.74, 6) is -0.980. The van der Waals surface area contributed by atoms with Crippen molar-refractivity contribution >= 4 is 30.1 Å². The van der Waals surface area contributed by atoms with E-state index in [4.69, 9.17) is 5.73 Å². The van der Waals surface area contributed by atoms with Crippen molar-refractivity contribution in [1.29, 1.82) is 0 Å². The quantitative estimate of drug-likeness (QED) is 0.727. The van der Waals surface area contributed by atoms with Crippen molar-refractivity contribution in [3.8, 4) is 0 Å². The minimum absolute atomic E-state index is 0. The van der Waals surface area contributed by atoms with Crippen LogP contribution in [-0.2, 0) is 14.4 Å². The highest BCUT2D eigenvalue weighted by atomic mass is 35.5. The summed E-state index contributed by atoms with van der Waals surface area (Å²) in [7, 11) is 0. The van der Waals surface area contributed by atoms with Gasteiger partial charge in [-0.05, 0) is 27.2 Å². The Hall–Kier alpha value is -1.14. The van der Waals surface area contributed by atoms with E-state index in [0.29, 0.717) is 6.42 Å². The molecule has 116 valence electrons. The molecule has 1 aliphatic rings. The van der Waals surface area contributed by atoms with Crippen LogP contribution in [0, 0.1) is 0 Å². The highest BCUT2D eigenvalue weighted by Gasteiger charge is 2.42. The molecule has 0 spiro atoms. The van der Waals surface area contributed by atoms with Gasteiger partial charge in [0.15, 0.2) is 0 Å². The number of likely N-dealkylation sites (tertiary alicyclic amines) is 1. The average Bonchev–Trinajstić information content (AvgIpc) is 2.53. The van der Waals surface area contributed by atoms with Gasteiger partial charge in [0.05, 0.1) is 12.0 Å². The van der Waals surface area contributed by atoms with Gasteiger partial charge in [-0.1, -0.05) is 13.3 Å². The molecule has 1 heterocycles. The van der Waals surface area contributed by atoms with Crippen LogP contribution in [0.1, 0.15) is 47.0 Å². The predicted octanol–water partition coefficient (Wildman–Crippen LogP) is 0.578. The molecule has 1 fully saturated rings. The van der Waals surface area contributed by atoms with Crippen molar-refractivity contribution in [3.63, 3.8) is 0 Å². The van der Waals surface area contributed by atoms with Gasteiger partial charge in [-0.2, -0.15) is 0 Å². The van der Waals surface area contributed by atoms with E-state index < -0.39 is 11.6 Å². The molecule has 0 saturated carbocycles. The van der Waals surface area contributed by atoms with Gasteiger partial charge in [0.2, 0.25) is 11.8 Å². The molecule has 0 aliphatic carbocycles. The van der Waals surface area contributed by atoms with Crippen LogP contribution in [-0.4, -0.2) is 40.2 Å². The monoisotopic (exact) mass is 305 g/mol. The SMILES string of the molecule is CCCC(C)(N)C(=O)NC1CC(=O)N(C(C)C)C1=O.Cl. The van der Waals surface area contributed by atoms with Gasteiger partial charge in [-0.3, -0.25) is 19.3 Å².